The third-order valence-electron chi connectivity index (χ3n) is 4.91. The maximum absolute atomic E-state index is 10.8. The monoisotopic (exact) mass is 394 g/mol. The number of piperidine rings is 1. The molecule has 27 heavy (non-hydrogen) atoms. The van der Waals surface area contributed by atoms with Gasteiger partial charge in [-0.05, 0) is 18.9 Å². The lowest BCUT2D eigenvalue weighted by Crippen LogP contribution is -2.45. The fraction of sp³-hybridized carbons (Fsp3) is 0.500. The molecule has 0 spiro atoms. The summed E-state index contributed by atoms with van der Waals surface area (Å²) in [6.45, 7) is 2.02. The average Bonchev–Trinajstić information content (AvgIpc) is 2.67. The van der Waals surface area contributed by atoms with Crippen molar-refractivity contribution in [1.29, 1.82) is 0 Å². The van der Waals surface area contributed by atoms with Crippen LogP contribution in [0.2, 0.25) is 5.02 Å². The molecule has 1 saturated heterocycles. The number of carboxylic acid groups (broad SMARTS) is 1. The number of hydrogen-bond acceptors (Lipinski definition) is 6. The van der Waals surface area contributed by atoms with E-state index in [1.165, 1.54) is 0 Å². The van der Waals surface area contributed by atoms with Gasteiger partial charge in [-0.2, -0.15) is 0 Å². The second-order valence-electron chi connectivity index (χ2n) is 6.65. The SMILES string of the molecule is COc1ccc2ncc(Cl)c(C(CO)CN3CCC(NC(=O)O)CC3)c2n1. The molecule has 1 aliphatic rings. The third kappa shape index (κ3) is 4.58. The maximum Gasteiger partial charge on any atom is 0.404 e. The predicted molar refractivity (Wildman–Crippen MR) is 102 cm³/mol. The molecule has 9 heteroatoms. The first kappa shape index (κ1) is 19.6. The van der Waals surface area contributed by atoms with Crippen LogP contribution >= 0.6 is 11.6 Å². The van der Waals surface area contributed by atoms with Crippen LogP contribution in [0.5, 0.6) is 5.88 Å². The maximum atomic E-state index is 10.8. The van der Waals surface area contributed by atoms with Gasteiger partial charge in [0, 0.05) is 49.4 Å². The highest BCUT2D eigenvalue weighted by atomic mass is 35.5. The van der Waals surface area contributed by atoms with Crippen molar-refractivity contribution in [1.82, 2.24) is 20.2 Å². The summed E-state index contributed by atoms with van der Waals surface area (Å²) < 4.78 is 5.21. The van der Waals surface area contributed by atoms with Gasteiger partial charge in [-0.15, -0.1) is 0 Å². The number of nitrogens with one attached hydrogen (secondary N) is 1. The van der Waals surface area contributed by atoms with Gasteiger partial charge < -0.3 is 25.2 Å². The Morgan fingerprint density at radius 1 is 1.44 bits per heavy atom. The van der Waals surface area contributed by atoms with E-state index < -0.39 is 6.09 Å². The third-order valence-corrected chi connectivity index (χ3v) is 5.21. The van der Waals surface area contributed by atoms with Gasteiger partial charge in [0.2, 0.25) is 5.88 Å². The van der Waals surface area contributed by atoms with Crippen molar-refractivity contribution in [2.75, 3.05) is 33.4 Å². The zero-order valence-electron chi connectivity index (χ0n) is 15.1. The van der Waals surface area contributed by atoms with Crippen molar-refractivity contribution in [2.45, 2.75) is 24.8 Å². The van der Waals surface area contributed by atoms with E-state index in [1.807, 2.05) is 6.07 Å². The molecule has 0 bridgehead atoms. The van der Waals surface area contributed by atoms with E-state index in [0.29, 0.717) is 28.5 Å². The van der Waals surface area contributed by atoms with E-state index in [9.17, 15) is 9.90 Å². The van der Waals surface area contributed by atoms with Crippen molar-refractivity contribution >= 4 is 28.7 Å². The zero-order valence-corrected chi connectivity index (χ0v) is 15.8. The molecule has 8 nitrogen and oxygen atoms in total. The zero-order chi connectivity index (χ0) is 19.4. The fourth-order valence-corrected chi connectivity index (χ4v) is 3.83. The molecular weight excluding hydrogens is 372 g/mol. The molecule has 1 fully saturated rings. The first-order valence-corrected chi connectivity index (χ1v) is 9.21. The first-order chi connectivity index (χ1) is 13.0. The summed E-state index contributed by atoms with van der Waals surface area (Å²) in [5.41, 5.74) is 2.08. The number of hydrogen-bond donors (Lipinski definition) is 3. The number of aromatic nitrogens is 2. The molecule has 0 aromatic carbocycles. The van der Waals surface area contributed by atoms with E-state index >= 15 is 0 Å². The Kier molecular flexibility index (Phi) is 6.30. The number of amides is 1. The molecule has 3 N–H and O–H groups in total. The summed E-state index contributed by atoms with van der Waals surface area (Å²) in [5, 5.41) is 21.9. The number of carbonyl (C=O) groups is 1. The first-order valence-electron chi connectivity index (χ1n) is 8.83. The smallest absolute Gasteiger partial charge is 0.404 e. The summed E-state index contributed by atoms with van der Waals surface area (Å²) in [7, 11) is 1.55. The van der Waals surface area contributed by atoms with Gasteiger partial charge >= 0.3 is 6.09 Å². The van der Waals surface area contributed by atoms with Crippen LogP contribution in [0.4, 0.5) is 4.79 Å². The lowest BCUT2D eigenvalue weighted by atomic mass is 9.96. The largest absolute Gasteiger partial charge is 0.481 e. The van der Waals surface area contributed by atoms with Crippen molar-refractivity contribution in [3.05, 3.63) is 28.9 Å². The second kappa shape index (κ2) is 8.69. The van der Waals surface area contributed by atoms with E-state index in [1.54, 1.807) is 19.4 Å². The number of likely N-dealkylation sites (tertiary alicyclic amines) is 1. The summed E-state index contributed by atoms with van der Waals surface area (Å²) in [4.78, 5) is 21.8. The van der Waals surface area contributed by atoms with E-state index in [-0.39, 0.29) is 18.6 Å². The van der Waals surface area contributed by atoms with Crippen LogP contribution in [0.3, 0.4) is 0 Å². The molecule has 3 heterocycles. The quantitative estimate of drug-likeness (QED) is 0.688. The second-order valence-corrected chi connectivity index (χ2v) is 7.05. The van der Waals surface area contributed by atoms with Crippen LogP contribution in [0.25, 0.3) is 11.0 Å². The lowest BCUT2D eigenvalue weighted by Gasteiger charge is -2.34. The van der Waals surface area contributed by atoms with Gasteiger partial charge in [0.1, 0.15) is 0 Å². The number of aliphatic hydroxyl groups is 1. The highest BCUT2D eigenvalue weighted by Crippen LogP contribution is 2.32. The number of pyridine rings is 2. The highest BCUT2D eigenvalue weighted by Gasteiger charge is 2.26. The number of rotatable bonds is 6. The average molecular weight is 395 g/mol. The molecule has 2 aromatic rings. The molecule has 2 aromatic heterocycles. The topological polar surface area (TPSA) is 108 Å². The fourth-order valence-electron chi connectivity index (χ4n) is 3.53. The number of methoxy groups -OCH3 is 1. The van der Waals surface area contributed by atoms with Crippen molar-refractivity contribution in [2.24, 2.45) is 0 Å². The molecule has 1 aliphatic heterocycles. The van der Waals surface area contributed by atoms with Crippen molar-refractivity contribution < 1.29 is 19.7 Å². The molecule has 1 atom stereocenters. The summed E-state index contributed by atoms with van der Waals surface area (Å²) in [5.74, 6) is 0.233. The van der Waals surface area contributed by atoms with Crippen LogP contribution in [-0.4, -0.2) is 70.6 Å². The minimum absolute atomic E-state index is 0.0254. The molecule has 0 radical (unpaired) electrons. The summed E-state index contributed by atoms with van der Waals surface area (Å²) in [6, 6.07) is 3.53. The van der Waals surface area contributed by atoms with Gasteiger partial charge in [-0.1, -0.05) is 11.6 Å². The Morgan fingerprint density at radius 3 is 2.81 bits per heavy atom. The molecular formula is C18H23ClN4O4. The summed E-state index contributed by atoms with van der Waals surface area (Å²) in [6.07, 6.45) is 2.07. The minimum atomic E-state index is -0.989. The van der Waals surface area contributed by atoms with Gasteiger partial charge in [0.15, 0.2) is 0 Å². The molecule has 146 valence electrons. The van der Waals surface area contributed by atoms with Crippen LogP contribution in [0.1, 0.15) is 24.3 Å². The Balaban J connectivity index is 1.80. The highest BCUT2D eigenvalue weighted by molar-refractivity contribution is 6.32. The van der Waals surface area contributed by atoms with Gasteiger partial charge in [0.25, 0.3) is 0 Å². The van der Waals surface area contributed by atoms with Gasteiger partial charge in [-0.3, -0.25) is 4.98 Å². The van der Waals surface area contributed by atoms with Gasteiger partial charge in [0.05, 0.1) is 29.8 Å². The molecule has 0 aliphatic carbocycles. The van der Waals surface area contributed by atoms with Crippen LogP contribution < -0.4 is 10.1 Å². The Labute approximate surface area is 162 Å². The molecule has 1 amide bonds. The van der Waals surface area contributed by atoms with Crippen molar-refractivity contribution in [3.63, 3.8) is 0 Å². The number of ether oxygens (including phenoxy) is 1. The Hall–Kier alpha value is -2.16. The molecule has 3 rings (SSSR count). The Bertz CT molecular complexity index is 811. The van der Waals surface area contributed by atoms with Crippen LogP contribution in [0, 0.1) is 0 Å². The molecule has 0 saturated carbocycles. The van der Waals surface area contributed by atoms with E-state index in [0.717, 1.165) is 31.5 Å². The van der Waals surface area contributed by atoms with Gasteiger partial charge in [-0.25, -0.2) is 9.78 Å². The van der Waals surface area contributed by atoms with Crippen molar-refractivity contribution in [3.8, 4) is 5.88 Å². The Morgan fingerprint density at radius 2 is 2.19 bits per heavy atom. The normalized spacial score (nSPS) is 17.0. The molecule has 1 unspecified atom stereocenters. The number of halogens is 1. The van der Waals surface area contributed by atoms with E-state index in [2.05, 4.69) is 20.2 Å². The van der Waals surface area contributed by atoms with Crippen LogP contribution in [0.15, 0.2) is 18.3 Å². The minimum Gasteiger partial charge on any atom is -0.481 e. The van der Waals surface area contributed by atoms with Crippen LogP contribution in [-0.2, 0) is 0 Å². The number of fused-ring (bicyclic) bond motifs is 1. The number of nitrogens with zero attached hydrogens (tertiary/aromatic N) is 3. The summed E-state index contributed by atoms with van der Waals surface area (Å²) >= 11 is 6.42. The number of aliphatic hydroxyl groups excluding tert-OH is 1. The standard InChI is InChI=1S/C18H23ClN4O4/c1-27-15-3-2-14-17(22-15)16(13(19)8-20-14)11(10-24)9-23-6-4-12(5-7-23)21-18(25)26/h2-3,8,11-12,21,24H,4-7,9-10H2,1H3,(H,25,26). The lowest BCUT2D eigenvalue weighted by molar-refractivity contribution is 0.152. The predicted octanol–water partition coefficient (Wildman–Crippen LogP) is 2.10. The van der Waals surface area contributed by atoms with E-state index in [4.69, 9.17) is 21.4 Å².